The number of aliphatic imine (C=N–C) groups is 1. The van der Waals surface area contributed by atoms with Crippen molar-refractivity contribution in [3.8, 4) is 5.75 Å². The molecule has 0 fully saturated rings. The minimum atomic E-state index is -4.41. The van der Waals surface area contributed by atoms with E-state index in [0.29, 0.717) is 23.9 Å². The van der Waals surface area contributed by atoms with Gasteiger partial charge in [0.25, 0.3) is 0 Å². The molecule has 4 rings (SSSR count). The van der Waals surface area contributed by atoms with Crippen molar-refractivity contribution in [3.63, 3.8) is 0 Å². The predicted molar refractivity (Wildman–Crippen MR) is 144 cm³/mol. The fourth-order valence-electron chi connectivity index (χ4n) is 3.82. The van der Waals surface area contributed by atoms with Crippen molar-refractivity contribution in [1.29, 1.82) is 0 Å². The summed E-state index contributed by atoms with van der Waals surface area (Å²) in [6.45, 7) is 5.10. The van der Waals surface area contributed by atoms with Crippen LogP contribution < -0.4 is 0 Å². The van der Waals surface area contributed by atoms with E-state index in [9.17, 15) is 18.3 Å². The first kappa shape index (κ1) is 26.4. The van der Waals surface area contributed by atoms with E-state index in [0.717, 1.165) is 39.3 Å². The van der Waals surface area contributed by atoms with Crippen LogP contribution in [0, 0.1) is 13.8 Å². The Bertz CT molecular complexity index is 1350. The van der Waals surface area contributed by atoms with E-state index in [1.54, 1.807) is 12.1 Å². The van der Waals surface area contributed by atoms with Gasteiger partial charge in [0.2, 0.25) is 0 Å². The number of phenolic OH excluding ortho intramolecular Hbond substituents is 1. The van der Waals surface area contributed by atoms with Crippen molar-refractivity contribution in [3.05, 3.63) is 125 Å². The summed E-state index contributed by atoms with van der Waals surface area (Å²) in [5, 5.41) is 10.4. The highest BCUT2D eigenvalue weighted by molar-refractivity contribution is 8.13. The zero-order valence-electron chi connectivity index (χ0n) is 20.5. The number of benzene rings is 4. The summed E-state index contributed by atoms with van der Waals surface area (Å²) >= 11 is 1.48. The third-order valence-corrected chi connectivity index (χ3v) is 6.96. The first-order valence-electron chi connectivity index (χ1n) is 11.8. The van der Waals surface area contributed by atoms with Crippen molar-refractivity contribution in [1.82, 2.24) is 4.90 Å². The van der Waals surface area contributed by atoms with Crippen LogP contribution in [-0.2, 0) is 19.3 Å². The molecule has 0 aliphatic carbocycles. The van der Waals surface area contributed by atoms with Crippen molar-refractivity contribution in [2.24, 2.45) is 4.99 Å². The van der Waals surface area contributed by atoms with Crippen LogP contribution in [0.2, 0.25) is 0 Å². The fourth-order valence-corrected chi connectivity index (χ4v) is 4.78. The number of amidine groups is 1. The molecule has 4 aromatic carbocycles. The molecule has 0 saturated carbocycles. The number of thioether (sulfide) groups is 1. The Kier molecular flexibility index (Phi) is 8.24. The lowest BCUT2D eigenvalue weighted by Gasteiger charge is -2.27. The number of phenols is 1. The van der Waals surface area contributed by atoms with Gasteiger partial charge in [-0.3, -0.25) is 0 Å². The highest BCUT2D eigenvalue weighted by Crippen LogP contribution is 2.33. The van der Waals surface area contributed by atoms with Crippen molar-refractivity contribution < 1.29 is 18.3 Å². The number of aromatic hydroxyl groups is 1. The maximum atomic E-state index is 13.1. The summed E-state index contributed by atoms with van der Waals surface area (Å²) in [5.74, 6) is 0.182. The number of halogens is 3. The molecule has 0 bridgehead atoms. The molecule has 190 valence electrons. The minimum absolute atomic E-state index is 0.182. The standard InChI is InChI=1S/C30H27F3N2OS/c1-21-8-17-28(22(2)18-21)37-29(34-26-13-11-25(12-14-26)30(31,32)33)35(19-23-6-4-3-5-7-23)20-24-9-15-27(36)16-10-24/h3-18,36H,19-20H2,1-2H3. The Morgan fingerprint density at radius 3 is 2.03 bits per heavy atom. The van der Waals surface area contributed by atoms with E-state index in [1.165, 1.54) is 23.9 Å². The average molecular weight is 521 g/mol. The molecular weight excluding hydrogens is 493 g/mol. The summed E-state index contributed by atoms with van der Waals surface area (Å²) in [4.78, 5) is 7.95. The van der Waals surface area contributed by atoms with Gasteiger partial charge in [-0.05, 0) is 73.0 Å². The largest absolute Gasteiger partial charge is 0.508 e. The summed E-state index contributed by atoms with van der Waals surface area (Å²) in [6, 6.07) is 28.0. The van der Waals surface area contributed by atoms with Gasteiger partial charge in [-0.25, -0.2) is 4.99 Å². The third-order valence-electron chi connectivity index (χ3n) is 5.75. The van der Waals surface area contributed by atoms with E-state index in [4.69, 9.17) is 4.99 Å². The third kappa shape index (κ3) is 7.40. The quantitative estimate of drug-likeness (QED) is 0.157. The zero-order chi connectivity index (χ0) is 26.4. The monoisotopic (exact) mass is 520 g/mol. The molecule has 0 aliphatic rings. The maximum absolute atomic E-state index is 13.1. The second-order valence-electron chi connectivity index (χ2n) is 8.82. The number of hydrogen-bond donors (Lipinski definition) is 1. The molecule has 1 N–H and O–H groups in total. The molecule has 3 nitrogen and oxygen atoms in total. The van der Waals surface area contributed by atoms with Crippen LogP contribution in [0.5, 0.6) is 5.75 Å². The molecule has 4 aromatic rings. The Labute approximate surface area is 219 Å². The van der Waals surface area contributed by atoms with Crippen LogP contribution in [0.4, 0.5) is 18.9 Å². The minimum Gasteiger partial charge on any atom is -0.508 e. The van der Waals surface area contributed by atoms with Gasteiger partial charge in [0.1, 0.15) is 5.75 Å². The Balaban J connectivity index is 1.77. The lowest BCUT2D eigenvalue weighted by Crippen LogP contribution is -2.28. The molecule has 0 heterocycles. The topological polar surface area (TPSA) is 35.8 Å². The molecule has 0 spiro atoms. The van der Waals surface area contributed by atoms with Crippen LogP contribution >= 0.6 is 11.8 Å². The van der Waals surface area contributed by atoms with Gasteiger partial charge in [0.05, 0.1) is 11.3 Å². The lowest BCUT2D eigenvalue weighted by molar-refractivity contribution is -0.137. The van der Waals surface area contributed by atoms with E-state index in [1.807, 2.05) is 68.4 Å². The van der Waals surface area contributed by atoms with Crippen LogP contribution in [0.1, 0.15) is 27.8 Å². The molecule has 0 atom stereocenters. The molecule has 0 aromatic heterocycles. The van der Waals surface area contributed by atoms with Crippen molar-refractivity contribution >= 4 is 22.6 Å². The number of aryl methyl sites for hydroxylation is 2. The average Bonchev–Trinajstić information content (AvgIpc) is 2.86. The molecule has 0 amide bonds. The van der Waals surface area contributed by atoms with Crippen LogP contribution in [0.3, 0.4) is 0 Å². The Hall–Kier alpha value is -3.71. The summed E-state index contributed by atoms with van der Waals surface area (Å²) < 4.78 is 39.4. The second-order valence-corrected chi connectivity index (χ2v) is 9.83. The number of nitrogens with zero attached hydrogens (tertiary/aromatic N) is 2. The normalized spacial score (nSPS) is 12.0. The van der Waals surface area contributed by atoms with Crippen LogP contribution in [0.25, 0.3) is 0 Å². The number of hydrogen-bond acceptors (Lipinski definition) is 3. The summed E-state index contributed by atoms with van der Waals surface area (Å²) in [5.41, 5.74) is 4.00. The van der Waals surface area contributed by atoms with Gasteiger partial charge in [0, 0.05) is 18.0 Å². The van der Waals surface area contributed by atoms with E-state index >= 15 is 0 Å². The molecule has 0 unspecified atom stereocenters. The molecule has 7 heteroatoms. The predicted octanol–water partition coefficient (Wildman–Crippen LogP) is 8.51. The van der Waals surface area contributed by atoms with Gasteiger partial charge in [-0.15, -0.1) is 0 Å². The van der Waals surface area contributed by atoms with Gasteiger partial charge in [0.15, 0.2) is 5.17 Å². The van der Waals surface area contributed by atoms with Gasteiger partial charge < -0.3 is 10.0 Å². The van der Waals surface area contributed by atoms with E-state index in [2.05, 4.69) is 11.0 Å². The van der Waals surface area contributed by atoms with Gasteiger partial charge in [-0.2, -0.15) is 13.2 Å². The van der Waals surface area contributed by atoms with Crippen LogP contribution in [0.15, 0.2) is 107 Å². The Morgan fingerprint density at radius 1 is 0.811 bits per heavy atom. The first-order valence-corrected chi connectivity index (χ1v) is 12.6. The molecule has 0 saturated heterocycles. The smallest absolute Gasteiger partial charge is 0.416 e. The highest BCUT2D eigenvalue weighted by Gasteiger charge is 2.30. The van der Waals surface area contributed by atoms with Gasteiger partial charge >= 0.3 is 6.18 Å². The molecular formula is C30H27F3N2OS. The summed E-state index contributed by atoms with van der Waals surface area (Å²) in [7, 11) is 0. The molecule has 0 aliphatic heterocycles. The van der Waals surface area contributed by atoms with E-state index in [-0.39, 0.29) is 5.75 Å². The van der Waals surface area contributed by atoms with Gasteiger partial charge in [-0.1, -0.05) is 71.9 Å². The highest BCUT2D eigenvalue weighted by atomic mass is 32.2. The summed E-state index contributed by atoms with van der Waals surface area (Å²) in [6.07, 6.45) is -4.41. The van der Waals surface area contributed by atoms with Crippen LogP contribution in [-0.4, -0.2) is 15.2 Å². The SMILES string of the molecule is Cc1ccc(SC(=Nc2ccc(C(F)(F)F)cc2)N(Cc2ccccc2)Cc2ccc(O)cc2)c(C)c1. The first-order chi connectivity index (χ1) is 17.7. The Morgan fingerprint density at radius 2 is 1.43 bits per heavy atom. The molecule has 0 radical (unpaired) electrons. The molecule has 37 heavy (non-hydrogen) atoms. The lowest BCUT2D eigenvalue weighted by atomic mass is 10.1. The van der Waals surface area contributed by atoms with E-state index < -0.39 is 11.7 Å². The van der Waals surface area contributed by atoms with Crippen molar-refractivity contribution in [2.45, 2.75) is 38.0 Å². The second kappa shape index (κ2) is 11.6. The van der Waals surface area contributed by atoms with Crippen molar-refractivity contribution in [2.75, 3.05) is 0 Å². The fraction of sp³-hybridized carbons (Fsp3) is 0.167. The zero-order valence-corrected chi connectivity index (χ0v) is 21.4. The number of alkyl halides is 3. The number of rotatable bonds is 6. The maximum Gasteiger partial charge on any atom is 0.416 e.